The Morgan fingerprint density at radius 3 is 1.19 bits per heavy atom. The summed E-state index contributed by atoms with van der Waals surface area (Å²) in [5.74, 6) is 0.424. The standard InChI is InChI=1S/C25H27FN2OS.C25H27FN2S.C24H25FN2OS.CH4/c1-24-15-28-16-27-23(17-9-11-19(26)12-10-17)20(28)14-18(24)6-4-7-21(24)25(2,29-3)22-8-5-13-30-22;1-24(2,22-8-5-13-29-22)21-7-4-6-18-14-20-23(17-9-11-19(26)12-10-17)27-16-28(20)15-25(18,21)3;1-23-14-27-15-26-22(16-8-10-18(25)11-9-16)19(27)13-17(23)5-3-6-20(23)24(2,28)21-7-4-12-29-21;/h5,8-14,16,21H,4,6-7,15H2,1-3H3;5,8-14,16,21H,4,6-7,15H2,1-3H3;4,7-13,15,20,28H,3,5-6,14H2,1-2H3;1H4/t21-,24-,25-;21-,25+;20-,23-,24-;/m010./s1. The number of hydrogen-bond donors (Lipinski definition) is 1. The minimum absolute atomic E-state index is 0. The summed E-state index contributed by atoms with van der Waals surface area (Å²) in [4.78, 5) is 17.9. The normalized spacial score (nSPS) is 24.7. The summed E-state index contributed by atoms with van der Waals surface area (Å²) in [5, 5.41) is 18.0. The summed E-state index contributed by atoms with van der Waals surface area (Å²) in [7, 11) is 1.85. The molecule has 8 nitrogen and oxygen atoms in total. The van der Waals surface area contributed by atoms with Gasteiger partial charge in [0.2, 0.25) is 0 Å². The fourth-order valence-corrected chi connectivity index (χ4v) is 19.5. The summed E-state index contributed by atoms with van der Waals surface area (Å²) in [5.41, 5.74) is 12.4. The third kappa shape index (κ3) is 11.0. The summed E-state index contributed by atoms with van der Waals surface area (Å²) in [6.07, 6.45) is 23.0. The summed E-state index contributed by atoms with van der Waals surface area (Å²) in [6.45, 7) is 18.9. The summed E-state index contributed by atoms with van der Waals surface area (Å²) < 4.78 is 53.1. The third-order valence-electron chi connectivity index (χ3n) is 21.6. The van der Waals surface area contributed by atoms with Gasteiger partial charge < -0.3 is 23.5 Å². The van der Waals surface area contributed by atoms with Crippen LogP contribution < -0.4 is 0 Å². The number of rotatable bonds is 10. The molecule has 0 saturated heterocycles. The number of ether oxygens (including phenoxy) is 1. The van der Waals surface area contributed by atoms with Gasteiger partial charge in [0.05, 0.1) is 58.7 Å². The molecule has 3 aliphatic heterocycles. The lowest BCUT2D eigenvalue weighted by Gasteiger charge is -2.52. The van der Waals surface area contributed by atoms with Crippen molar-refractivity contribution in [3.8, 4) is 33.8 Å². The van der Waals surface area contributed by atoms with Crippen LogP contribution in [0.25, 0.3) is 52.0 Å². The van der Waals surface area contributed by atoms with Gasteiger partial charge in [0.15, 0.2) is 0 Å². The van der Waals surface area contributed by atoms with Crippen LogP contribution in [0.2, 0.25) is 0 Å². The molecule has 89 heavy (non-hydrogen) atoms. The maximum atomic E-state index is 13.4. The fourth-order valence-electron chi connectivity index (χ4n) is 16.8. The van der Waals surface area contributed by atoms with E-state index < -0.39 is 5.60 Å². The van der Waals surface area contributed by atoms with Crippen LogP contribution in [0, 0.1) is 51.5 Å². The van der Waals surface area contributed by atoms with E-state index in [9.17, 15) is 18.3 Å². The van der Waals surface area contributed by atoms with E-state index in [4.69, 9.17) is 14.7 Å². The number of fused-ring (bicyclic) bond motifs is 6. The van der Waals surface area contributed by atoms with Crippen LogP contribution in [-0.4, -0.2) is 40.9 Å². The zero-order valence-electron chi connectivity index (χ0n) is 51.7. The van der Waals surface area contributed by atoms with E-state index in [-0.39, 0.29) is 58.1 Å². The van der Waals surface area contributed by atoms with Gasteiger partial charge in [-0.2, -0.15) is 0 Å². The quantitative estimate of drug-likeness (QED) is 0.148. The third-order valence-corrected chi connectivity index (χ3v) is 25.0. The minimum atomic E-state index is -0.861. The van der Waals surface area contributed by atoms with Gasteiger partial charge in [-0.3, -0.25) is 0 Å². The number of allylic oxidation sites excluding steroid dienone is 3. The Kier molecular flexibility index (Phi) is 17.0. The van der Waals surface area contributed by atoms with Crippen LogP contribution >= 0.6 is 34.0 Å². The van der Waals surface area contributed by atoms with Crippen LogP contribution in [0.3, 0.4) is 0 Å². The number of benzene rings is 3. The highest BCUT2D eigenvalue weighted by molar-refractivity contribution is 7.10. The first-order valence-electron chi connectivity index (χ1n) is 31.2. The number of aromatic nitrogens is 6. The summed E-state index contributed by atoms with van der Waals surface area (Å²) in [6, 6.07) is 32.7. The zero-order valence-corrected chi connectivity index (χ0v) is 54.2. The molecule has 3 saturated carbocycles. The number of hydrogen-bond acceptors (Lipinski definition) is 8. The number of methoxy groups -OCH3 is 1. The average Bonchev–Trinajstić information content (AvgIpc) is 1.73. The van der Waals surface area contributed by atoms with Crippen molar-refractivity contribution in [1.29, 1.82) is 0 Å². The van der Waals surface area contributed by atoms with E-state index in [2.05, 4.69) is 113 Å². The number of aliphatic hydroxyl groups is 1. The Balaban J connectivity index is 0.000000129. The number of thiophene rings is 3. The second-order valence-corrected chi connectivity index (χ2v) is 29.9. The van der Waals surface area contributed by atoms with Crippen molar-refractivity contribution < 1.29 is 23.0 Å². The lowest BCUT2D eigenvalue weighted by molar-refractivity contribution is -0.0977. The average molecular weight is 1250 g/mol. The molecule has 3 fully saturated rings. The molecule has 0 amide bonds. The molecule has 3 aliphatic carbocycles. The molecule has 15 rings (SSSR count). The smallest absolute Gasteiger partial charge is 0.123 e. The maximum absolute atomic E-state index is 13.4. The first kappa shape index (κ1) is 62.5. The highest BCUT2D eigenvalue weighted by Crippen LogP contribution is 2.60. The molecule has 9 aromatic rings. The van der Waals surface area contributed by atoms with Crippen LogP contribution in [0.4, 0.5) is 13.2 Å². The Labute approximate surface area is 535 Å². The molecule has 0 spiro atoms. The molecule has 8 atom stereocenters. The van der Waals surface area contributed by atoms with Crippen molar-refractivity contribution in [1.82, 2.24) is 28.7 Å². The van der Waals surface area contributed by atoms with E-state index in [0.717, 1.165) is 115 Å². The molecular formula is C75H83F3N6O2S3. The molecule has 464 valence electrons. The van der Waals surface area contributed by atoms with Gasteiger partial charge in [-0.25, -0.2) is 28.1 Å². The van der Waals surface area contributed by atoms with E-state index in [1.807, 2.05) is 86.1 Å². The zero-order chi connectivity index (χ0) is 61.4. The minimum Gasteiger partial charge on any atom is -0.384 e. The molecule has 0 unspecified atom stereocenters. The number of imidazole rings is 3. The van der Waals surface area contributed by atoms with Crippen LogP contribution in [0.15, 0.2) is 161 Å². The van der Waals surface area contributed by atoms with Crippen molar-refractivity contribution in [3.05, 3.63) is 210 Å². The van der Waals surface area contributed by atoms with Crippen molar-refractivity contribution in [2.24, 2.45) is 34.0 Å². The molecule has 0 bridgehead atoms. The number of nitrogens with zero attached hydrogens (tertiary/aromatic N) is 6. The second-order valence-electron chi connectivity index (χ2n) is 27.0. The molecule has 6 aromatic heterocycles. The highest BCUT2D eigenvalue weighted by Gasteiger charge is 2.54. The highest BCUT2D eigenvalue weighted by atomic mass is 32.1. The predicted molar refractivity (Wildman–Crippen MR) is 360 cm³/mol. The Bertz CT molecular complexity index is 3870. The lowest BCUT2D eigenvalue weighted by atomic mass is 9.54. The first-order valence-corrected chi connectivity index (χ1v) is 33.8. The van der Waals surface area contributed by atoms with Crippen LogP contribution in [0.1, 0.15) is 145 Å². The maximum Gasteiger partial charge on any atom is 0.123 e. The van der Waals surface area contributed by atoms with Crippen LogP contribution in [0.5, 0.6) is 0 Å². The van der Waals surface area contributed by atoms with E-state index >= 15 is 0 Å². The summed E-state index contributed by atoms with van der Waals surface area (Å²) >= 11 is 5.29. The number of halogens is 3. The van der Waals surface area contributed by atoms with E-state index in [0.29, 0.717) is 11.8 Å². The van der Waals surface area contributed by atoms with E-state index in [1.165, 1.54) is 75.8 Å². The largest absolute Gasteiger partial charge is 0.384 e. The Hall–Kier alpha value is -6.68. The van der Waals surface area contributed by atoms with Gasteiger partial charge >= 0.3 is 0 Å². The predicted octanol–water partition coefficient (Wildman–Crippen LogP) is 19.9. The van der Waals surface area contributed by atoms with Crippen molar-refractivity contribution in [3.63, 3.8) is 0 Å². The van der Waals surface area contributed by atoms with Crippen molar-refractivity contribution in [2.75, 3.05) is 7.11 Å². The molecule has 14 heteroatoms. The molecule has 3 aromatic carbocycles. The monoisotopic (exact) mass is 1250 g/mol. The van der Waals surface area contributed by atoms with Crippen molar-refractivity contribution >= 4 is 52.2 Å². The van der Waals surface area contributed by atoms with Gasteiger partial charge in [-0.1, -0.05) is 77.0 Å². The molecule has 1 N–H and O–H groups in total. The molecular weight excluding hydrogens is 1170 g/mol. The Morgan fingerprint density at radius 2 is 0.820 bits per heavy atom. The van der Waals surface area contributed by atoms with Gasteiger partial charge in [-0.05, 0) is 203 Å². The fraction of sp³-hybridized carbons (Fsp3) is 0.400. The van der Waals surface area contributed by atoms with Gasteiger partial charge in [0.25, 0.3) is 0 Å². The molecule has 6 aliphatic rings. The molecule has 9 heterocycles. The van der Waals surface area contributed by atoms with Crippen molar-refractivity contribution in [2.45, 2.75) is 150 Å². The van der Waals surface area contributed by atoms with E-state index in [1.54, 1.807) is 40.4 Å². The molecule has 0 radical (unpaired) electrons. The Morgan fingerprint density at radius 1 is 0.483 bits per heavy atom. The second kappa shape index (κ2) is 24.2. The lowest BCUT2D eigenvalue weighted by Crippen LogP contribution is -2.49. The van der Waals surface area contributed by atoms with Gasteiger partial charge in [0.1, 0.15) is 23.1 Å². The first-order chi connectivity index (χ1) is 42.2. The van der Waals surface area contributed by atoms with Gasteiger partial charge in [0, 0.05) is 91.6 Å². The SMILES string of the molecule is C.CC(C)(c1cccs1)[C@H]1CCCC2=Cc3c(-c4ccc(F)cc4)ncn3C[C@@]21C.CO[C@](C)(c1cccs1)[C@H]1CCCC2=Cc3c(-c4ccc(F)cc4)ncn3C[C@@]21C.C[C@]12Cn3cnc(-c4ccc(F)cc4)c3C=C1CCC[C@@H]2[C@](C)(O)c1cccs1. The topological polar surface area (TPSA) is 82.9 Å². The van der Waals surface area contributed by atoms with Crippen LogP contribution in [-0.2, 0) is 41.0 Å². The van der Waals surface area contributed by atoms with Gasteiger partial charge in [-0.15, -0.1) is 34.0 Å².